The van der Waals surface area contributed by atoms with Gasteiger partial charge in [0, 0.05) is 24.4 Å². The van der Waals surface area contributed by atoms with Crippen molar-refractivity contribution in [1.82, 2.24) is 4.90 Å². The molecular weight excluding hydrogens is 314 g/mol. The minimum Gasteiger partial charge on any atom is -0.481 e. The Balaban J connectivity index is 1.52. The molecule has 3 fully saturated rings. The van der Waals surface area contributed by atoms with Gasteiger partial charge >= 0.3 is 5.97 Å². The summed E-state index contributed by atoms with van der Waals surface area (Å²) in [4.78, 5) is 26.7. The summed E-state index contributed by atoms with van der Waals surface area (Å²) in [6.45, 7) is 0.812. The van der Waals surface area contributed by atoms with Crippen LogP contribution in [-0.2, 0) is 9.59 Å². The molecule has 0 aromatic heterocycles. The van der Waals surface area contributed by atoms with Crippen molar-refractivity contribution in [3.63, 3.8) is 0 Å². The van der Waals surface area contributed by atoms with Crippen LogP contribution in [0.25, 0.3) is 0 Å². The highest BCUT2D eigenvalue weighted by Gasteiger charge is 2.48. The van der Waals surface area contributed by atoms with Gasteiger partial charge in [-0.2, -0.15) is 0 Å². The lowest BCUT2D eigenvalue weighted by molar-refractivity contribution is -0.145. The third kappa shape index (κ3) is 3.07. The van der Waals surface area contributed by atoms with Crippen molar-refractivity contribution in [3.05, 3.63) is 35.9 Å². The first-order valence-electron chi connectivity index (χ1n) is 9.73. The predicted molar refractivity (Wildman–Crippen MR) is 95.1 cm³/mol. The van der Waals surface area contributed by atoms with Crippen molar-refractivity contribution in [2.24, 2.45) is 17.8 Å². The molecule has 1 amide bonds. The van der Waals surface area contributed by atoms with Crippen LogP contribution in [0.3, 0.4) is 0 Å². The van der Waals surface area contributed by atoms with Crippen LogP contribution < -0.4 is 0 Å². The Labute approximate surface area is 149 Å². The van der Waals surface area contributed by atoms with E-state index < -0.39 is 5.97 Å². The number of amides is 1. The van der Waals surface area contributed by atoms with Gasteiger partial charge in [-0.1, -0.05) is 43.2 Å². The molecular formula is C21H27NO3. The van der Waals surface area contributed by atoms with Crippen LogP contribution >= 0.6 is 0 Å². The second kappa shape index (κ2) is 6.81. The van der Waals surface area contributed by atoms with Crippen LogP contribution in [0.1, 0.15) is 56.4 Å². The first kappa shape index (κ1) is 16.6. The molecule has 25 heavy (non-hydrogen) atoms. The third-order valence-electron chi connectivity index (χ3n) is 6.73. The highest BCUT2D eigenvalue weighted by Crippen LogP contribution is 2.47. The van der Waals surface area contributed by atoms with Crippen LogP contribution in [0.5, 0.6) is 0 Å². The maximum absolute atomic E-state index is 13.2. The fraction of sp³-hybridized carbons (Fsp3) is 0.619. The third-order valence-corrected chi connectivity index (χ3v) is 6.73. The molecule has 5 unspecified atom stereocenters. The number of nitrogens with zero attached hydrogens (tertiary/aromatic N) is 1. The maximum Gasteiger partial charge on any atom is 0.306 e. The minimum atomic E-state index is -0.736. The summed E-state index contributed by atoms with van der Waals surface area (Å²) in [5, 5.41) is 9.32. The Morgan fingerprint density at radius 3 is 2.44 bits per heavy atom. The number of carbonyl (C=O) groups is 2. The Morgan fingerprint density at radius 1 is 0.960 bits per heavy atom. The summed E-state index contributed by atoms with van der Waals surface area (Å²) in [6.07, 6.45) is 6.47. The van der Waals surface area contributed by atoms with Crippen molar-refractivity contribution in [2.45, 2.75) is 56.9 Å². The summed E-state index contributed by atoms with van der Waals surface area (Å²) < 4.78 is 0. The summed E-state index contributed by atoms with van der Waals surface area (Å²) in [6, 6.07) is 11.0. The van der Waals surface area contributed by atoms with E-state index in [1.807, 2.05) is 6.07 Å². The van der Waals surface area contributed by atoms with E-state index in [-0.39, 0.29) is 17.7 Å². The molecule has 1 aromatic carbocycles. The average molecular weight is 341 g/mol. The quantitative estimate of drug-likeness (QED) is 0.912. The molecule has 4 nitrogen and oxygen atoms in total. The number of hydrogen-bond acceptors (Lipinski definition) is 2. The number of likely N-dealkylation sites (tertiary alicyclic amines) is 1. The van der Waals surface area contributed by atoms with Crippen LogP contribution in [-0.4, -0.2) is 34.5 Å². The molecule has 0 radical (unpaired) electrons. The van der Waals surface area contributed by atoms with E-state index >= 15 is 0 Å². The lowest BCUT2D eigenvalue weighted by Crippen LogP contribution is -2.42. The van der Waals surface area contributed by atoms with Crippen LogP contribution in [0.2, 0.25) is 0 Å². The Hall–Kier alpha value is -1.84. The highest BCUT2D eigenvalue weighted by atomic mass is 16.4. The van der Waals surface area contributed by atoms with Gasteiger partial charge in [0.05, 0.1) is 5.92 Å². The van der Waals surface area contributed by atoms with Gasteiger partial charge in [0.25, 0.3) is 0 Å². The zero-order chi connectivity index (χ0) is 17.4. The van der Waals surface area contributed by atoms with Gasteiger partial charge in [0.15, 0.2) is 0 Å². The van der Waals surface area contributed by atoms with Crippen LogP contribution in [0.4, 0.5) is 0 Å². The monoisotopic (exact) mass is 341 g/mol. The van der Waals surface area contributed by atoms with E-state index in [1.54, 1.807) is 0 Å². The summed E-state index contributed by atoms with van der Waals surface area (Å²) in [5.41, 5.74) is 1.35. The number of benzene rings is 1. The molecule has 1 aromatic rings. The summed E-state index contributed by atoms with van der Waals surface area (Å²) in [7, 11) is 0. The smallest absolute Gasteiger partial charge is 0.306 e. The Morgan fingerprint density at radius 2 is 1.68 bits per heavy atom. The van der Waals surface area contributed by atoms with Crippen molar-refractivity contribution in [3.8, 4) is 0 Å². The Bertz CT molecular complexity index is 644. The van der Waals surface area contributed by atoms with E-state index in [9.17, 15) is 14.7 Å². The van der Waals surface area contributed by atoms with Gasteiger partial charge in [-0.3, -0.25) is 9.59 Å². The van der Waals surface area contributed by atoms with Gasteiger partial charge in [-0.15, -0.1) is 0 Å². The van der Waals surface area contributed by atoms with E-state index in [4.69, 9.17) is 0 Å². The number of carbonyl (C=O) groups excluding carboxylic acids is 1. The predicted octanol–water partition coefficient (Wildman–Crippen LogP) is 3.67. The number of carboxylic acid groups (broad SMARTS) is 1. The molecule has 5 atom stereocenters. The zero-order valence-electron chi connectivity index (χ0n) is 14.6. The topological polar surface area (TPSA) is 57.6 Å². The van der Waals surface area contributed by atoms with Gasteiger partial charge < -0.3 is 10.0 Å². The molecule has 4 heteroatoms. The van der Waals surface area contributed by atoms with Gasteiger partial charge in [0.1, 0.15) is 0 Å². The molecule has 2 saturated carbocycles. The number of fused-ring (bicyclic) bond motifs is 1. The molecule has 134 valence electrons. The Kier molecular flexibility index (Phi) is 4.53. The summed E-state index contributed by atoms with van der Waals surface area (Å²) in [5.74, 6) is 0.0723. The standard InChI is InChI=1S/C21H27NO3/c23-20(15-8-4-9-16(12-15)21(24)25)22-13-18(14-6-2-1-3-7-14)17-10-5-11-19(17)22/h1-3,6-7,15-19H,4-5,8-13H2,(H,24,25). The molecule has 3 aliphatic rings. The van der Waals surface area contributed by atoms with Crippen molar-refractivity contribution >= 4 is 11.9 Å². The molecule has 4 rings (SSSR count). The fourth-order valence-electron chi connectivity index (χ4n) is 5.49. The average Bonchev–Trinajstić information content (AvgIpc) is 3.24. The second-order valence-electron chi connectivity index (χ2n) is 8.07. The number of rotatable bonds is 3. The van der Waals surface area contributed by atoms with Crippen LogP contribution in [0.15, 0.2) is 30.3 Å². The number of aliphatic carboxylic acids is 1. The molecule has 1 aliphatic heterocycles. The molecule has 1 N–H and O–H groups in total. The van der Waals surface area contributed by atoms with Gasteiger partial charge in [0.2, 0.25) is 5.91 Å². The van der Waals surface area contributed by atoms with Gasteiger partial charge in [-0.05, 0) is 43.6 Å². The molecule has 1 saturated heterocycles. The molecule has 2 aliphatic carbocycles. The van der Waals surface area contributed by atoms with Crippen LogP contribution in [0, 0.1) is 17.8 Å². The van der Waals surface area contributed by atoms with E-state index in [0.717, 1.165) is 32.2 Å². The van der Waals surface area contributed by atoms with E-state index in [2.05, 4.69) is 29.2 Å². The largest absolute Gasteiger partial charge is 0.481 e. The highest BCUT2D eigenvalue weighted by molar-refractivity contribution is 5.81. The normalized spacial score (nSPS) is 34.7. The lowest BCUT2D eigenvalue weighted by atomic mass is 9.80. The lowest BCUT2D eigenvalue weighted by Gasteiger charge is -2.32. The number of hydrogen-bond donors (Lipinski definition) is 1. The van der Waals surface area contributed by atoms with Crippen molar-refractivity contribution < 1.29 is 14.7 Å². The summed E-state index contributed by atoms with van der Waals surface area (Å²) >= 11 is 0. The van der Waals surface area contributed by atoms with E-state index in [0.29, 0.717) is 24.3 Å². The van der Waals surface area contributed by atoms with Gasteiger partial charge in [-0.25, -0.2) is 0 Å². The SMILES string of the molecule is O=C(O)C1CCCC(C(=O)N2CC(c3ccccc3)C3CCCC32)C1. The molecule has 0 bridgehead atoms. The van der Waals surface area contributed by atoms with Crippen molar-refractivity contribution in [1.29, 1.82) is 0 Å². The molecule has 0 spiro atoms. The first-order valence-corrected chi connectivity index (χ1v) is 9.73. The zero-order valence-corrected chi connectivity index (χ0v) is 14.6. The number of carboxylic acids is 1. The van der Waals surface area contributed by atoms with Crippen molar-refractivity contribution in [2.75, 3.05) is 6.54 Å². The molecule has 1 heterocycles. The minimum absolute atomic E-state index is 0.0920. The van der Waals surface area contributed by atoms with E-state index in [1.165, 1.54) is 18.4 Å². The first-order chi connectivity index (χ1) is 12.1. The maximum atomic E-state index is 13.2. The second-order valence-corrected chi connectivity index (χ2v) is 8.07. The fourth-order valence-corrected chi connectivity index (χ4v) is 5.49.